The van der Waals surface area contributed by atoms with Gasteiger partial charge in [0.05, 0.1) is 11.7 Å². The van der Waals surface area contributed by atoms with Gasteiger partial charge in [-0.25, -0.2) is 0 Å². The Morgan fingerprint density at radius 2 is 1.94 bits per heavy atom. The van der Waals surface area contributed by atoms with Crippen molar-refractivity contribution in [3.63, 3.8) is 0 Å². The number of hydrogen-bond acceptors (Lipinski definition) is 2. The highest BCUT2D eigenvalue weighted by atomic mass is 127. The van der Waals surface area contributed by atoms with Gasteiger partial charge < -0.3 is 10.1 Å². The third-order valence-corrected chi connectivity index (χ3v) is 4.98. The molecule has 2 rings (SSSR count). The molecule has 1 N–H and O–H groups in total. The molecule has 1 saturated carbocycles. The molecule has 2 fully saturated rings. The Labute approximate surface area is 119 Å². The molecule has 0 aromatic carbocycles. The molecular formula is C14H26INO. The molecular weight excluding hydrogens is 325 g/mol. The van der Waals surface area contributed by atoms with E-state index >= 15 is 0 Å². The fourth-order valence-corrected chi connectivity index (χ4v) is 3.75. The molecule has 1 saturated heterocycles. The molecule has 17 heavy (non-hydrogen) atoms. The summed E-state index contributed by atoms with van der Waals surface area (Å²) in [5.41, 5.74) is 0.313. The predicted octanol–water partition coefficient (Wildman–Crippen LogP) is 3.67. The fourth-order valence-electron chi connectivity index (χ4n) is 3.21. The van der Waals surface area contributed by atoms with E-state index in [4.69, 9.17) is 4.74 Å². The number of rotatable bonds is 7. The topological polar surface area (TPSA) is 21.3 Å². The number of hydrogen-bond donors (Lipinski definition) is 1. The smallest absolute Gasteiger partial charge is 0.0708 e. The molecule has 100 valence electrons. The van der Waals surface area contributed by atoms with Crippen LogP contribution >= 0.6 is 22.6 Å². The standard InChI is InChI=1S/C14H26INO/c15-10-4-1-5-11-16-12-13-6-9-14(17-13)7-2-3-8-14/h13,16H,1-12H2. The van der Waals surface area contributed by atoms with Gasteiger partial charge in [0.2, 0.25) is 0 Å². The van der Waals surface area contributed by atoms with E-state index in [0.717, 1.165) is 6.54 Å². The molecule has 1 atom stereocenters. The van der Waals surface area contributed by atoms with Crippen LogP contribution in [0.15, 0.2) is 0 Å². The van der Waals surface area contributed by atoms with Crippen molar-refractivity contribution in [2.75, 3.05) is 17.5 Å². The molecule has 0 bridgehead atoms. The average Bonchev–Trinajstić information content (AvgIpc) is 2.95. The van der Waals surface area contributed by atoms with Crippen molar-refractivity contribution in [3.05, 3.63) is 0 Å². The highest BCUT2D eigenvalue weighted by Gasteiger charge is 2.41. The fraction of sp³-hybridized carbons (Fsp3) is 1.00. The van der Waals surface area contributed by atoms with Gasteiger partial charge in [-0.05, 0) is 49.5 Å². The molecule has 1 aliphatic heterocycles. The van der Waals surface area contributed by atoms with Gasteiger partial charge in [-0.15, -0.1) is 0 Å². The van der Waals surface area contributed by atoms with Crippen LogP contribution in [0.2, 0.25) is 0 Å². The second kappa shape index (κ2) is 7.29. The highest BCUT2D eigenvalue weighted by molar-refractivity contribution is 14.1. The van der Waals surface area contributed by atoms with Crippen LogP contribution in [0.4, 0.5) is 0 Å². The molecule has 1 aliphatic carbocycles. The van der Waals surface area contributed by atoms with Crippen molar-refractivity contribution < 1.29 is 4.74 Å². The number of halogens is 1. The van der Waals surface area contributed by atoms with Crippen LogP contribution in [0.3, 0.4) is 0 Å². The average molecular weight is 351 g/mol. The molecule has 2 nitrogen and oxygen atoms in total. The van der Waals surface area contributed by atoms with Crippen molar-refractivity contribution in [1.82, 2.24) is 5.32 Å². The van der Waals surface area contributed by atoms with Crippen molar-refractivity contribution in [2.24, 2.45) is 0 Å². The summed E-state index contributed by atoms with van der Waals surface area (Å²) in [4.78, 5) is 0. The predicted molar refractivity (Wildman–Crippen MR) is 80.9 cm³/mol. The molecule has 0 radical (unpaired) electrons. The summed E-state index contributed by atoms with van der Waals surface area (Å²) >= 11 is 2.46. The summed E-state index contributed by atoms with van der Waals surface area (Å²) in [6.07, 6.45) is 12.6. The first kappa shape index (κ1) is 14.1. The largest absolute Gasteiger partial charge is 0.370 e. The second-order valence-electron chi connectivity index (χ2n) is 5.62. The number of nitrogens with one attached hydrogen (secondary N) is 1. The summed E-state index contributed by atoms with van der Waals surface area (Å²) in [6, 6.07) is 0. The van der Waals surface area contributed by atoms with Crippen LogP contribution in [0.1, 0.15) is 57.8 Å². The van der Waals surface area contributed by atoms with E-state index < -0.39 is 0 Å². The van der Waals surface area contributed by atoms with Gasteiger partial charge in [-0.2, -0.15) is 0 Å². The maximum Gasteiger partial charge on any atom is 0.0708 e. The summed E-state index contributed by atoms with van der Waals surface area (Å²) < 4.78 is 7.57. The van der Waals surface area contributed by atoms with Crippen molar-refractivity contribution >= 4 is 22.6 Å². The molecule has 1 spiro atoms. The minimum atomic E-state index is 0.313. The third kappa shape index (κ3) is 4.35. The van der Waals surface area contributed by atoms with Crippen LogP contribution in [0.5, 0.6) is 0 Å². The van der Waals surface area contributed by atoms with Gasteiger partial charge >= 0.3 is 0 Å². The lowest BCUT2D eigenvalue weighted by Crippen LogP contribution is -2.31. The maximum atomic E-state index is 6.27. The van der Waals surface area contributed by atoms with E-state index in [0.29, 0.717) is 11.7 Å². The van der Waals surface area contributed by atoms with Gasteiger partial charge in [0.1, 0.15) is 0 Å². The summed E-state index contributed by atoms with van der Waals surface area (Å²) in [7, 11) is 0. The zero-order valence-electron chi connectivity index (χ0n) is 10.8. The minimum Gasteiger partial charge on any atom is -0.370 e. The molecule has 3 heteroatoms. The first-order valence-electron chi connectivity index (χ1n) is 7.29. The summed E-state index contributed by atoms with van der Waals surface area (Å²) in [5.74, 6) is 0. The number of ether oxygens (including phenoxy) is 1. The van der Waals surface area contributed by atoms with Gasteiger partial charge in [0.15, 0.2) is 0 Å². The molecule has 0 aromatic rings. The quantitative estimate of drug-likeness (QED) is 0.429. The Morgan fingerprint density at radius 3 is 2.71 bits per heavy atom. The Hall–Kier alpha value is 0.650. The monoisotopic (exact) mass is 351 g/mol. The Bertz CT molecular complexity index is 216. The SMILES string of the molecule is ICCCCCNCC1CCC2(CCCC2)O1. The lowest BCUT2D eigenvalue weighted by molar-refractivity contribution is -0.0350. The number of unbranched alkanes of at least 4 members (excludes halogenated alkanes) is 2. The summed E-state index contributed by atoms with van der Waals surface area (Å²) in [5, 5.41) is 3.57. The zero-order chi connectivity index (χ0) is 12.0. The van der Waals surface area contributed by atoms with E-state index in [2.05, 4.69) is 27.9 Å². The van der Waals surface area contributed by atoms with Crippen molar-refractivity contribution in [3.8, 4) is 0 Å². The van der Waals surface area contributed by atoms with E-state index in [-0.39, 0.29) is 0 Å². The van der Waals surface area contributed by atoms with E-state index in [1.54, 1.807) is 0 Å². The molecule has 2 aliphatic rings. The van der Waals surface area contributed by atoms with Crippen LogP contribution < -0.4 is 5.32 Å². The normalized spacial score (nSPS) is 27.0. The van der Waals surface area contributed by atoms with E-state index in [9.17, 15) is 0 Å². The van der Waals surface area contributed by atoms with Gasteiger partial charge in [0, 0.05) is 6.54 Å². The van der Waals surface area contributed by atoms with Crippen LogP contribution in [-0.4, -0.2) is 29.2 Å². The van der Waals surface area contributed by atoms with Crippen molar-refractivity contribution in [1.29, 1.82) is 0 Å². The third-order valence-electron chi connectivity index (χ3n) is 4.21. The molecule has 1 unspecified atom stereocenters. The van der Waals surface area contributed by atoms with Crippen molar-refractivity contribution in [2.45, 2.75) is 69.5 Å². The highest BCUT2D eigenvalue weighted by Crippen LogP contribution is 2.43. The van der Waals surface area contributed by atoms with Gasteiger partial charge in [-0.1, -0.05) is 41.9 Å². The Balaban J connectivity index is 1.52. The van der Waals surface area contributed by atoms with Crippen LogP contribution in [0.25, 0.3) is 0 Å². The maximum absolute atomic E-state index is 6.27. The zero-order valence-corrected chi connectivity index (χ0v) is 13.0. The van der Waals surface area contributed by atoms with Crippen LogP contribution in [0, 0.1) is 0 Å². The lowest BCUT2D eigenvalue weighted by atomic mass is 9.98. The lowest BCUT2D eigenvalue weighted by Gasteiger charge is -2.23. The van der Waals surface area contributed by atoms with Gasteiger partial charge in [0.25, 0.3) is 0 Å². The summed E-state index contributed by atoms with van der Waals surface area (Å²) in [6.45, 7) is 2.25. The molecule has 0 amide bonds. The van der Waals surface area contributed by atoms with E-state index in [1.807, 2.05) is 0 Å². The molecule has 1 heterocycles. The second-order valence-corrected chi connectivity index (χ2v) is 6.70. The molecule has 0 aromatic heterocycles. The van der Waals surface area contributed by atoms with Gasteiger partial charge in [-0.3, -0.25) is 0 Å². The minimum absolute atomic E-state index is 0.313. The Kier molecular flexibility index (Phi) is 6.03. The number of alkyl halides is 1. The first-order chi connectivity index (χ1) is 8.35. The Morgan fingerprint density at radius 1 is 1.12 bits per heavy atom. The van der Waals surface area contributed by atoms with Crippen LogP contribution in [-0.2, 0) is 4.74 Å². The first-order valence-corrected chi connectivity index (χ1v) is 8.82. The van der Waals surface area contributed by atoms with E-state index in [1.165, 1.54) is 68.8 Å².